The summed E-state index contributed by atoms with van der Waals surface area (Å²) in [5.74, 6) is 0.190. The fourth-order valence-corrected chi connectivity index (χ4v) is 1.36. The second kappa shape index (κ2) is 6.77. The Morgan fingerprint density at radius 1 is 1.56 bits per heavy atom. The molecule has 0 N–H and O–H groups in total. The van der Waals surface area contributed by atoms with Crippen molar-refractivity contribution in [2.24, 2.45) is 0 Å². The van der Waals surface area contributed by atoms with Crippen molar-refractivity contribution >= 4 is 12.0 Å². The van der Waals surface area contributed by atoms with Crippen molar-refractivity contribution in [3.63, 3.8) is 0 Å². The Balaban J connectivity index is 2.31. The molecule has 0 saturated heterocycles. The molecule has 0 fully saturated rings. The molecule has 0 aliphatic rings. The minimum absolute atomic E-state index is 0.190. The number of rotatable bonds is 5. The number of amides is 1. The number of hydrogen-bond acceptors (Lipinski definition) is 2. The Bertz CT molecular complexity index is 346. The fraction of sp³-hybridized carbons (Fsp3) is 0.385. The van der Waals surface area contributed by atoms with E-state index in [2.05, 4.69) is 11.1 Å². The van der Waals surface area contributed by atoms with Crippen LogP contribution in [0.4, 0.5) is 0 Å². The minimum atomic E-state index is 0.190. The Hall–Kier alpha value is -1.64. The summed E-state index contributed by atoms with van der Waals surface area (Å²) in [6, 6.07) is 3.91. The summed E-state index contributed by atoms with van der Waals surface area (Å²) in [5, 5.41) is 0. The van der Waals surface area contributed by atoms with E-state index in [1.54, 1.807) is 11.1 Å². The number of hydrogen-bond donors (Lipinski definition) is 0. The molecule has 0 aliphatic carbocycles. The van der Waals surface area contributed by atoms with E-state index >= 15 is 0 Å². The molecule has 16 heavy (non-hydrogen) atoms. The molecule has 1 aromatic rings. The lowest BCUT2D eigenvalue weighted by Gasteiger charge is -2.14. The molecule has 0 atom stereocenters. The van der Waals surface area contributed by atoms with Gasteiger partial charge >= 0.3 is 0 Å². The molecule has 1 amide bonds. The average molecular weight is 218 g/mol. The summed E-state index contributed by atoms with van der Waals surface area (Å²) in [6.45, 7) is 2.65. The van der Waals surface area contributed by atoms with Crippen LogP contribution in [0.15, 0.2) is 30.6 Å². The van der Waals surface area contributed by atoms with Gasteiger partial charge in [0.1, 0.15) is 0 Å². The molecule has 3 heteroatoms. The smallest absolute Gasteiger partial charge is 0.222 e. The number of pyridine rings is 1. The number of aromatic nitrogens is 1. The third kappa shape index (κ3) is 4.26. The first-order valence-electron chi connectivity index (χ1n) is 5.54. The highest BCUT2D eigenvalue weighted by atomic mass is 16.2. The Morgan fingerprint density at radius 3 is 3.00 bits per heavy atom. The third-order valence-electron chi connectivity index (χ3n) is 2.35. The van der Waals surface area contributed by atoms with Gasteiger partial charge in [-0.25, -0.2) is 0 Å². The highest BCUT2D eigenvalue weighted by Gasteiger charge is 2.02. The second-order valence-electron chi connectivity index (χ2n) is 3.65. The van der Waals surface area contributed by atoms with Crippen LogP contribution in [0.1, 0.15) is 25.3 Å². The molecular formula is C13H18N2O. The largest absolute Gasteiger partial charge is 0.345 e. The van der Waals surface area contributed by atoms with Crippen molar-refractivity contribution in [3.8, 4) is 0 Å². The maximum absolute atomic E-state index is 11.3. The van der Waals surface area contributed by atoms with Gasteiger partial charge in [0.05, 0.1) is 0 Å². The van der Waals surface area contributed by atoms with Crippen LogP contribution in [0.2, 0.25) is 0 Å². The first kappa shape index (κ1) is 12.4. The lowest BCUT2D eigenvalue weighted by atomic mass is 10.2. The van der Waals surface area contributed by atoms with Gasteiger partial charge in [-0.2, -0.15) is 0 Å². The van der Waals surface area contributed by atoms with E-state index in [4.69, 9.17) is 0 Å². The van der Waals surface area contributed by atoms with E-state index in [-0.39, 0.29) is 5.91 Å². The Labute approximate surface area is 96.8 Å². The second-order valence-corrected chi connectivity index (χ2v) is 3.65. The van der Waals surface area contributed by atoms with Crippen molar-refractivity contribution in [1.29, 1.82) is 0 Å². The van der Waals surface area contributed by atoms with E-state index in [1.807, 2.05) is 38.4 Å². The van der Waals surface area contributed by atoms with Crippen molar-refractivity contribution in [1.82, 2.24) is 9.88 Å². The van der Waals surface area contributed by atoms with E-state index in [1.165, 1.54) is 0 Å². The Morgan fingerprint density at radius 2 is 2.38 bits per heavy atom. The standard InChI is InChI=1S/C13H18N2O/c1-3-13(16)15(2)10-5-4-7-12-8-6-9-14-11-12/h4,6-9,11H,3,5,10H2,1-2H3/b7-4+. The molecule has 86 valence electrons. The fourth-order valence-electron chi connectivity index (χ4n) is 1.36. The summed E-state index contributed by atoms with van der Waals surface area (Å²) < 4.78 is 0. The SMILES string of the molecule is CCC(=O)N(C)CC/C=C/c1cccnc1. The van der Waals surface area contributed by atoms with Gasteiger partial charge in [-0.05, 0) is 18.1 Å². The molecule has 1 aromatic heterocycles. The number of carbonyl (C=O) groups excluding carboxylic acids is 1. The summed E-state index contributed by atoms with van der Waals surface area (Å²) in [5.41, 5.74) is 1.09. The van der Waals surface area contributed by atoms with Crippen LogP contribution in [0.25, 0.3) is 6.08 Å². The topological polar surface area (TPSA) is 33.2 Å². The van der Waals surface area contributed by atoms with Crippen LogP contribution in [0.3, 0.4) is 0 Å². The molecule has 3 nitrogen and oxygen atoms in total. The molecule has 0 bridgehead atoms. The molecule has 0 aromatic carbocycles. The molecule has 0 radical (unpaired) electrons. The third-order valence-corrected chi connectivity index (χ3v) is 2.35. The van der Waals surface area contributed by atoms with E-state index in [0.717, 1.165) is 18.5 Å². The first-order chi connectivity index (χ1) is 7.74. The molecular weight excluding hydrogens is 200 g/mol. The lowest BCUT2D eigenvalue weighted by Crippen LogP contribution is -2.26. The van der Waals surface area contributed by atoms with Crippen LogP contribution in [0.5, 0.6) is 0 Å². The van der Waals surface area contributed by atoms with Gasteiger partial charge in [-0.1, -0.05) is 25.1 Å². The van der Waals surface area contributed by atoms with Crippen LogP contribution < -0.4 is 0 Å². The van der Waals surface area contributed by atoms with Crippen LogP contribution in [0, 0.1) is 0 Å². The highest BCUT2D eigenvalue weighted by Crippen LogP contribution is 2.00. The first-order valence-corrected chi connectivity index (χ1v) is 5.54. The maximum Gasteiger partial charge on any atom is 0.222 e. The summed E-state index contributed by atoms with van der Waals surface area (Å²) in [6.07, 6.45) is 9.11. The Kier molecular flexibility index (Phi) is 5.26. The van der Waals surface area contributed by atoms with Gasteiger partial charge in [0.15, 0.2) is 0 Å². The van der Waals surface area contributed by atoms with Crippen molar-refractivity contribution in [3.05, 3.63) is 36.2 Å². The molecule has 1 rings (SSSR count). The lowest BCUT2D eigenvalue weighted by molar-refractivity contribution is -0.129. The summed E-state index contributed by atoms with van der Waals surface area (Å²) >= 11 is 0. The molecule has 0 unspecified atom stereocenters. The molecule has 0 saturated carbocycles. The monoisotopic (exact) mass is 218 g/mol. The molecule has 0 spiro atoms. The van der Waals surface area contributed by atoms with Crippen molar-refractivity contribution < 1.29 is 4.79 Å². The van der Waals surface area contributed by atoms with E-state index in [0.29, 0.717) is 6.42 Å². The van der Waals surface area contributed by atoms with Crippen molar-refractivity contribution in [2.45, 2.75) is 19.8 Å². The van der Waals surface area contributed by atoms with Gasteiger partial charge in [-0.3, -0.25) is 9.78 Å². The van der Waals surface area contributed by atoms with Crippen LogP contribution in [-0.4, -0.2) is 29.4 Å². The van der Waals surface area contributed by atoms with Gasteiger partial charge in [0, 0.05) is 32.4 Å². The number of nitrogens with zero attached hydrogens (tertiary/aromatic N) is 2. The van der Waals surface area contributed by atoms with Crippen molar-refractivity contribution in [2.75, 3.05) is 13.6 Å². The normalized spacial score (nSPS) is 10.6. The van der Waals surface area contributed by atoms with Gasteiger partial charge in [0.25, 0.3) is 0 Å². The predicted octanol–water partition coefficient (Wildman–Crippen LogP) is 2.35. The summed E-state index contributed by atoms with van der Waals surface area (Å²) in [4.78, 5) is 17.0. The quantitative estimate of drug-likeness (QED) is 0.760. The minimum Gasteiger partial charge on any atom is -0.345 e. The maximum atomic E-state index is 11.3. The zero-order chi connectivity index (χ0) is 11.8. The highest BCUT2D eigenvalue weighted by molar-refractivity contribution is 5.75. The summed E-state index contributed by atoms with van der Waals surface area (Å²) in [7, 11) is 1.84. The average Bonchev–Trinajstić information content (AvgIpc) is 2.34. The van der Waals surface area contributed by atoms with Gasteiger partial charge < -0.3 is 4.90 Å². The number of carbonyl (C=O) groups is 1. The zero-order valence-electron chi connectivity index (χ0n) is 9.89. The molecule has 0 aliphatic heterocycles. The molecule has 1 heterocycles. The predicted molar refractivity (Wildman–Crippen MR) is 65.8 cm³/mol. The van der Waals surface area contributed by atoms with Crippen LogP contribution in [-0.2, 0) is 4.79 Å². The van der Waals surface area contributed by atoms with Gasteiger partial charge in [0.2, 0.25) is 5.91 Å². The van der Waals surface area contributed by atoms with Gasteiger partial charge in [-0.15, -0.1) is 0 Å². The van der Waals surface area contributed by atoms with E-state index in [9.17, 15) is 4.79 Å². The zero-order valence-corrected chi connectivity index (χ0v) is 9.89. The van der Waals surface area contributed by atoms with Crippen LogP contribution >= 0.6 is 0 Å². The van der Waals surface area contributed by atoms with E-state index < -0.39 is 0 Å².